The molecule has 0 bridgehead atoms. The molecule has 1 N–H and O–H groups in total. The lowest BCUT2D eigenvalue weighted by atomic mass is 10.0. The monoisotopic (exact) mass is 347 g/mol. The van der Waals surface area contributed by atoms with E-state index in [1.54, 1.807) is 7.11 Å². The van der Waals surface area contributed by atoms with Crippen molar-refractivity contribution in [1.29, 1.82) is 0 Å². The number of hydrogen-bond acceptors (Lipinski definition) is 4. The lowest BCUT2D eigenvalue weighted by Gasteiger charge is -2.13. The highest BCUT2D eigenvalue weighted by atomic mass is 79.9. The number of rotatable bonds is 3. The maximum Gasteiger partial charge on any atom is 0.159 e. The van der Waals surface area contributed by atoms with Crippen LogP contribution in [0, 0.1) is 0 Å². The maximum absolute atomic E-state index is 5.27. The summed E-state index contributed by atoms with van der Waals surface area (Å²) in [5.41, 5.74) is 4.53. The fraction of sp³-hybridized carbons (Fsp3) is 0.375. The highest BCUT2D eigenvalue weighted by molar-refractivity contribution is 9.10. The first-order valence-corrected chi connectivity index (χ1v) is 7.83. The van der Waals surface area contributed by atoms with E-state index in [1.807, 2.05) is 18.2 Å². The number of halogens is 1. The quantitative estimate of drug-likeness (QED) is 0.920. The molecule has 2 heterocycles. The lowest BCUT2D eigenvalue weighted by molar-refractivity contribution is 0.412. The van der Waals surface area contributed by atoms with Crippen LogP contribution in [0.4, 0.5) is 0 Å². The van der Waals surface area contributed by atoms with Gasteiger partial charge in [-0.25, -0.2) is 9.97 Å². The zero-order valence-corrected chi connectivity index (χ0v) is 14.0. The van der Waals surface area contributed by atoms with Gasteiger partial charge in [-0.3, -0.25) is 0 Å². The van der Waals surface area contributed by atoms with Gasteiger partial charge in [0.15, 0.2) is 5.82 Å². The fourth-order valence-corrected chi connectivity index (χ4v) is 3.15. The van der Waals surface area contributed by atoms with Crippen LogP contribution >= 0.6 is 15.9 Å². The van der Waals surface area contributed by atoms with E-state index < -0.39 is 0 Å². The molecule has 110 valence electrons. The van der Waals surface area contributed by atoms with Gasteiger partial charge in [-0.05, 0) is 40.0 Å². The summed E-state index contributed by atoms with van der Waals surface area (Å²) in [7, 11) is 1.66. The second kappa shape index (κ2) is 5.73. The smallest absolute Gasteiger partial charge is 0.159 e. The molecular weight excluding hydrogens is 330 g/mol. The number of nitrogens with zero attached hydrogens (tertiary/aromatic N) is 2. The summed E-state index contributed by atoms with van der Waals surface area (Å²) in [6, 6.07) is 5.94. The van der Waals surface area contributed by atoms with E-state index in [0.717, 1.165) is 46.1 Å². The molecule has 5 heteroatoms. The van der Waals surface area contributed by atoms with E-state index in [1.165, 1.54) is 5.56 Å². The largest absolute Gasteiger partial charge is 0.496 e. The molecule has 0 radical (unpaired) electrons. The molecule has 1 aromatic carbocycles. The average molecular weight is 348 g/mol. The minimum atomic E-state index is 0.391. The Morgan fingerprint density at radius 3 is 2.71 bits per heavy atom. The van der Waals surface area contributed by atoms with Crippen molar-refractivity contribution < 1.29 is 4.74 Å². The van der Waals surface area contributed by atoms with E-state index >= 15 is 0 Å². The number of methoxy groups -OCH3 is 1. The van der Waals surface area contributed by atoms with Gasteiger partial charge in [0.1, 0.15) is 5.75 Å². The van der Waals surface area contributed by atoms with Gasteiger partial charge in [-0.2, -0.15) is 0 Å². The molecule has 3 rings (SSSR count). The molecule has 0 unspecified atom stereocenters. The van der Waals surface area contributed by atoms with E-state index in [4.69, 9.17) is 14.7 Å². The van der Waals surface area contributed by atoms with E-state index in [2.05, 4.69) is 35.1 Å². The molecule has 0 atom stereocenters. The van der Waals surface area contributed by atoms with Gasteiger partial charge in [0.25, 0.3) is 0 Å². The number of hydrogen-bond donors (Lipinski definition) is 1. The summed E-state index contributed by atoms with van der Waals surface area (Å²) >= 11 is 3.52. The summed E-state index contributed by atoms with van der Waals surface area (Å²) in [4.78, 5) is 9.53. The number of nitrogens with one attached hydrogen (secondary N) is 1. The van der Waals surface area contributed by atoms with Crippen LogP contribution in [0.3, 0.4) is 0 Å². The third-order valence-corrected chi connectivity index (χ3v) is 4.30. The van der Waals surface area contributed by atoms with Crippen LogP contribution in [0.15, 0.2) is 22.7 Å². The van der Waals surface area contributed by atoms with Crippen molar-refractivity contribution in [3.8, 4) is 17.1 Å². The predicted octanol–water partition coefficient (Wildman–Crippen LogP) is 3.64. The Kier molecular flexibility index (Phi) is 3.95. The Labute approximate surface area is 133 Å². The molecule has 0 saturated heterocycles. The standard InChI is InChI=1S/C16H18BrN3O/c1-9(2)15-11-7-18-8-13(11)19-16(20-15)10-4-5-14(21-3)12(17)6-10/h4-6,9,18H,7-8H2,1-3H3. The SMILES string of the molecule is COc1ccc(-c2nc3c(c(C(C)C)n2)CNC3)cc1Br. The molecule has 0 amide bonds. The van der Waals surface area contributed by atoms with Gasteiger partial charge >= 0.3 is 0 Å². The minimum absolute atomic E-state index is 0.391. The molecule has 0 fully saturated rings. The van der Waals surface area contributed by atoms with Crippen molar-refractivity contribution in [2.45, 2.75) is 32.9 Å². The van der Waals surface area contributed by atoms with Gasteiger partial charge < -0.3 is 10.1 Å². The van der Waals surface area contributed by atoms with Crippen molar-refractivity contribution in [2.75, 3.05) is 7.11 Å². The summed E-state index contributed by atoms with van der Waals surface area (Å²) in [6.07, 6.45) is 0. The molecule has 2 aromatic rings. The minimum Gasteiger partial charge on any atom is -0.496 e. The van der Waals surface area contributed by atoms with Crippen LogP contribution in [0.1, 0.15) is 36.7 Å². The van der Waals surface area contributed by atoms with Crippen molar-refractivity contribution in [3.05, 3.63) is 39.6 Å². The van der Waals surface area contributed by atoms with Crippen LogP contribution in [-0.4, -0.2) is 17.1 Å². The Balaban J connectivity index is 2.11. The van der Waals surface area contributed by atoms with Crippen LogP contribution in [0.2, 0.25) is 0 Å². The molecule has 0 saturated carbocycles. The van der Waals surface area contributed by atoms with Crippen molar-refractivity contribution in [1.82, 2.24) is 15.3 Å². The summed E-state index contributed by atoms with van der Waals surface area (Å²) in [6.45, 7) is 6.04. The Hall–Kier alpha value is -1.46. The van der Waals surface area contributed by atoms with E-state index in [0.29, 0.717) is 5.92 Å². The van der Waals surface area contributed by atoms with Crippen LogP contribution in [0.25, 0.3) is 11.4 Å². The number of benzene rings is 1. The first kappa shape index (κ1) is 14.5. The van der Waals surface area contributed by atoms with E-state index in [9.17, 15) is 0 Å². The number of aromatic nitrogens is 2. The fourth-order valence-electron chi connectivity index (χ4n) is 2.61. The zero-order valence-electron chi connectivity index (χ0n) is 12.4. The second-order valence-corrected chi connectivity index (χ2v) is 6.32. The van der Waals surface area contributed by atoms with Gasteiger partial charge in [0.2, 0.25) is 0 Å². The predicted molar refractivity (Wildman–Crippen MR) is 86.4 cm³/mol. The summed E-state index contributed by atoms with van der Waals surface area (Å²) in [5, 5.41) is 3.36. The number of fused-ring (bicyclic) bond motifs is 1. The first-order chi connectivity index (χ1) is 10.1. The molecule has 0 spiro atoms. The number of ether oxygens (including phenoxy) is 1. The first-order valence-electron chi connectivity index (χ1n) is 7.04. The molecule has 1 aromatic heterocycles. The topological polar surface area (TPSA) is 47.0 Å². The lowest BCUT2D eigenvalue weighted by Crippen LogP contribution is -2.05. The second-order valence-electron chi connectivity index (χ2n) is 5.47. The van der Waals surface area contributed by atoms with E-state index in [-0.39, 0.29) is 0 Å². The molecule has 4 nitrogen and oxygen atoms in total. The molecule has 0 aliphatic carbocycles. The van der Waals surface area contributed by atoms with Gasteiger partial charge in [-0.15, -0.1) is 0 Å². The van der Waals surface area contributed by atoms with Gasteiger partial charge in [0, 0.05) is 24.2 Å². The van der Waals surface area contributed by atoms with Crippen molar-refractivity contribution >= 4 is 15.9 Å². The van der Waals surface area contributed by atoms with Crippen molar-refractivity contribution in [3.63, 3.8) is 0 Å². The van der Waals surface area contributed by atoms with Gasteiger partial charge in [0.05, 0.1) is 23.0 Å². The normalized spacial score (nSPS) is 13.6. The third-order valence-electron chi connectivity index (χ3n) is 3.68. The zero-order chi connectivity index (χ0) is 15.0. The third kappa shape index (κ3) is 2.68. The highest BCUT2D eigenvalue weighted by Gasteiger charge is 2.21. The molecule has 1 aliphatic heterocycles. The van der Waals surface area contributed by atoms with Crippen LogP contribution in [-0.2, 0) is 13.1 Å². The van der Waals surface area contributed by atoms with Crippen molar-refractivity contribution in [2.24, 2.45) is 0 Å². The molecular formula is C16H18BrN3O. The summed E-state index contributed by atoms with van der Waals surface area (Å²) < 4.78 is 6.19. The summed E-state index contributed by atoms with van der Waals surface area (Å²) in [5.74, 6) is 1.98. The maximum atomic E-state index is 5.27. The molecule has 1 aliphatic rings. The molecule has 21 heavy (non-hydrogen) atoms. The van der Waals surface area contributed by atoms with Crippen LogP contribution < -0.4 is 10.1 Å². The Bertz CT molecular complexity index is 685. The van der Waals surface area contributed by atoms with Gasteiger partial charge in [-0.1, -0.05) is 13.8 Å². The average Bonchev–Trinajstić information content (AvgIpc) is 2.94. The highest BCUT2D eigenvalue weighted by Crippen LogP contribution is 2.31. The Morgan fingerprint density at radius 1 is 1.24 bits per heavy atom. The Morgan fingerprint density at radius 2 is 2.05 bits per heavy atom. The van der Waals surface area contributed by atoms with Crippen LogP contribution in [0.5, 0.6) is 5.75 Å².